The number of nitrogens with zero attached hydrogens (tertiary/aromatic N) is 5. The molecule has 0 saturated carbocycles. The summed E-state index contributed by atoms with van der Waals surface area (Å²) in [5.74, 6) is 1.37. The molecule has 1 aliphatic rings. The summed E-state index contributed by atoms with van der Waals surface area (Å²) < 4.78 is 47.1. The zero-order chi connectivity index (χ0) is 27.2. The van der Waals surface area contributed by atoms with E-state index in [4.69, 9.17) is 9.72 Å². The Kier molecular flexibility index (Phi) is 8.34. The maximum absolute atomic E-state index is 13.4. The Morgan fingerprint density at radius 2 is 1.77 bits per heavy atom. The molecule has 1 N–H and O–H groups in total. The molecule has 0 spiro atoms. The van der Waals surface area contributed by atoms with Gasteiger partial charge in [-0.2, -0.15) is 9.29 Å². The van der Waals surface area contributed by atoms with Gasteiger partial charge in [0.25, 0.3) is 0 Å². The Morgan fingerprint density at radius 1 is 1.03 bits per heavy atom. The van der Waals surface area contributed by atoms with E-state index in [2.05, 4.69) is 22.2 Å². The number of nitrogens with one attached hydrogen (secondary N) is 1. The minimum atomic E-state index is -3.64. The zero-order valence-electron chi connectivity index (χ0n) is 21.5. The van der Waals surface area contributed by atoms with Gasteiger partial charge in [0, 0.05) is 44.1 Å². The summed E-state index contributed by atoms with van der Waals surface area (Å²) in [4.78, 5) is 16.7. The van der Waals surface area contributed by atoms with Gasteiger partial charge in [0.2, 0.25) is 16.0 Å². The monoisotopic (exact) mass is 568 g/mol. The molecule has 5 rings (SSSR count). The van der Waals surface area contributed by atoms with E-state index in [1.807, 2.05) is 11.0 Å². The number of anilines is 3. The lowest BCUT2D eigenvalue weighted by molar-refractivity contribution is 0.309. The molecule has 12 heteroatoms. The minimum Gasteiger partial charge on any atom is -0.494 e. The molecule has 9 nitrogen and oxygen atoms in total. The Bertz CT molecular complexity index is 1480. The van der Waals surface area contributed by atoms with Crippen molar-refractivity contribution in [2.45, 2.75) is 24.7 Å². The summed E-state index contributed by atoms with van der Waals surface area (Å²) >= 11 is 1.46. The SMILES string of the molecule is CCCCOc1ccc(S(=O)(=O)N2CCN(c3nc(Nc4ccc(F)cc4)cc(-c4cncs4)n3)CC2)cc1. The predicted molar refractivity (Wildman–Crippen MR) is 151 cm³/mol. The summed E-state index contributed by atoms with van der Waals surface area (Å²) in [6.07, 6.45) is 3.72. The molecule has 0 unspecified atom stereocenters. The van der Waals surface area contributed by atoms with Crippen molar-refractivity contribution in [2.24, 2.45) is 0 Å². The molecule has 1 aliphatic heterocycles. The number of hydrogen-bond acceptors (Lipinski definition) is 9. The first-order valence-electron chi connectivity index (χ1n) is 12.7. The maximum Gasteiger partial charge on any atom is 0.243 e. The number of rotatable bonds is 10. The maximum atomic E-state index is 13.4. The number of hydrogen-bond donors (Lipinski definition) is 1. The van der Waals surface area contributed by atoms with E-state index in [0.717, 1.165) is 17.7 Å². The fourth-order valence-electron chi connectivity index (χ4n) is 4.11. The van der Waals surface area contributed by atoms with Crippen LogP contribution in [-0.4, -0.2) is 60.5 Å². The highest BCUT2D eigenvalue weighted by Crippen LogP contribution is 2.28. The number of piperazine rings is 1. The Labute approximate surface area is 231 Å². The molecule has 0 atom stereocenters. The third-order valence-corrected chi connectivity index (χ3v) is 8.97. The zero-order valence-corrected chi connectivity index (χ0v) is 23.1. The summed E-state index contributed by atoms with van der Waals surface area (Å²) in [6, 6.07) is 14.4. The third kappa shape index (κ3) is 6.52. The molecule has 0 radical (unpaired) electrons. The van der Waals surface area contributed by atoms with Crippen molar-refractivity contribution >= 4 is 38.8 Å². The van der Waals surface area contributed by atoms with Gasteiger partial charge in [-0.25, -0.2) is 17.8 Å². The normalized spacial score (nSPS) is 14.4. The number of thiazole rings is 1. The van der Waals surface area contributed by atoms with Gasteiger partial charge < -0.3 is 15.0 Å². The van der Waals surface area contributed by atoms with Crippen molar-refractivity contribution in [2.75, 3.05) is 43.0 Å². The molecule has 4 aromatic rings. The molecule has 1 saturated heterocycles. The molecule has 2 aromatic heterocycles. The summed E-state index contributed by atoms with van der Waals surface area (Å²) in [7, 11) is -3.64. The molecule has 0 amide bonds. The van der Waals surface area contributed by atoms with Crippen LogP contribution in [0.15, 0.2) is 71.2 Å². The van der Waals surface area contributed by atoms with Crippen molar-refractivity contribution in [1.82, 2.24) is 19.3 Å². The van der Waals surface area contributed by atoms with Crippen LogP contribution in [0.4, 0.5) is 21.8 Å². The van der Waals surface area contributed by atoms with E-state index >= 15 is 0 Å². The van der Waals surface area contributed by atoms with Gasteiger partial charge in [-0.3, -0.25) is 4.98 Å². The second-order valence-electron chi connectivity index (χ2n) is 9.00. The van der Waals surface area contributed by atoms with Gasteiger partial charge in [-0.05, 0) is 55.0 Å². The Morgan fingerprint density at radius 3 is 2.44 bits per heavy atom. The highest BCUT2D eigenvalue weighted by molar-refractivity contribution is 7.89. The van der Waals surface area contributed by atoms with E-state index < -0.39 is 10.0 Å². The van der Waals surface area contributed by atoms with Crippen LogP contribution < -0.4 is 15.0 Å². The van der Waals surface area contributed by atoms with Crippen molar-refractivity contribution in [3.63, 3.8) is 0 Å². The largest absolute Gasteiger partial charge is 0.494 e. The van der Waals surface area contributed by atoms with Crippen LogP contribution in [0.25, 0.3) is 10.6 Å². The molecule has 0 bridgehead atoms. The summed E-state index contributed by atoms with van der Waals surface area (Å²) in [5, 5.41) is 3.21. The second-order valence-corrected chi connectivity index (χ2v) is 11.8. The number of aromatic nitrogens is 3. The van der Waals surface area contributed by atoms with Crippen LogP contribution in [-0.2, 0) is 10.0 Å². The van der Waals surface area contributed by atoms with Crippen LogP contribution in [0, 0.1) is 5.82 Å². The molecular formula is C27H29FN6O3S2. The average molecular weight is 569 g/mol. The van der Waals surface area contributed by atoms with Gasteiger partial charge >= 0.3 is 0 Å². The van der Waals surface area contributed by atoms with Gasteiger partial charge in [-0.15, -0.1) is 11.3 Å². The molecule has 0 aliphatic carbocycles. The first-order valence-corrected chi connectivity index (χ1v) is 15.0. The van der Waals surface area contributed by atoms with Crippen LogP contribution in [0.5, 0.6) is 5.75 Å². The van der Waals surface area contributed by atoms with E-state index in [-0.39, 0.29) is 10.7 Å². The lowest BCUT2D eigenvalue weighted by Gasteiger charge is -2.34. The van der Waals surface area contributed by atoms with Gasteiger partial charge in [-0.1, -0.05) is 13.3 Å². The fourth-order valence-corrected chi connectivity index (χ4v) is 6.11. The molecule has 204 valence electrons. The predicted octanol–water partition coefficient (Wildman–Crippen LogP) is 5.17. The lowest BCUT2D eigenvalue weighted by atomic mass is 10.3. The van der Waals surface area contributed by atoms with Crippen molar-refractivity contribution in [3.05, 3.63) is 72.1 Å². The molecule has 1 fully saturated rings. The topological polar surface area (TPSA) is 101 Å². The van der Waals surface area contributed by atoms with E-state index in [9.17, 15) is 12.8 Å². The van der Waals surface area contributed by atoms with Crippen LogP contribution in [0.3, 0.4) is 0 Å². The molecule has 39 heavy (non-hydrogen) atoms. The van der Waals surface area contributed by atoms with Gasteiger partial charge in [0.15, 0.2) is 0 Å². The Balaban J connectivity index is 1.30. The number of halogens is 1. The quantitative estimate of drug-likeness (QED) is 0.262. The highest BCUT2D eigenvalue weighted by Gasteiger charge is 2.29. The smallest absolute Gasteiger partial charge is 0.243 e. The summed E-state index contributed by atoms with van der Waals surface area (Å²) in [5.41, 5.74) is 3.12. The van der Waals surface area contributed by atoms with E-state index in [0.29, 0.717) is 61.7 Å². The van der Waals surface area contributed by atoms with E-state index in [1.54, 1.807) is 48.1 Å². The molecule has 3 heterocycles. The van der Waals surface area contributed by atoms with Crippen molar-refractivity contribution in [1.29, 1.82) is 0 Å². The number of sulfonamides is 1. The number of benzene rings is 2. The average Bonchev–Trinajstić information content (AvgIpc) is 3.50. The first kappa shape index (κ1) is 27.0. The number of unbranched alkanes of at least 4 members (excludes halogenated alkanes) is 1. The second kappa shape index (κ2) is 12.1. The highest BCUT2D eigenvalue weighted by atomic mass is 32.2. The van der Waals surface area contributed by atoms with Crippen molar-refractivity contribution in [3.8, 4) is 16.3 Å². The summed E-state index contributed by atoms with van der Waals surface area (Å²) in [6.45, 7) is 4.15. The first-order chi connectivity index (χ1) is 18.9. The fraction of sp³-hybridized carbons (Fsp3) is 0.296. The van der Waals surface area contributed by atoms with Crippen molar-refractivity contribution < 1.29 is 17.5 Å². The van der Waals surface area contributed by atoms with Crippen LogP contribution in [0.2, 0.25) is 0 Å². The Hall–Kier alpha value is -3.61. The van der Waals surface area contributed by atoms with Crippen LogP contribution in [0.1, 0.15) is 19.8 Å². The molecular weight excluding hydrogens is 539 g/mol. The van der Waals surface area contributed by atoms with Gasteiger partial charge in [0.1, 0.15) is 17.4 Å². The lowest BCUT2D eigenvalue weighted by Crippen LogP contribution is -2.49. The molecule has 2 aromatic carbocycles. The van der Waals surface area contributed by atoms with Gasteiger partial charge in [0.05, 0.1) is 27.6 Å². The minimum absolute atomic E-state index is 0.244. The number of ether oxygens (including phenoxy) is 1. The standard InChI is InChI=1S/C27H29FN6O3S2/c1-2-3-16-37-22-8-10-23(11-9-22)39(35,36)34-14-12-33(13-15-34)27-31-24(25-18-29-19-38-25)17-26(32-27)30-21-6-4-20(28)5-7-21/h4-11,17-19H,2-3,12-16H2,1H3,(H,30,31,32). The van der Waals surface area contributed by atoms with E-state index in [1.165, 1.54) is 27.8 Å². The van der Waals surface area contributed by atoms with Crippen LogP contribution >= 0.6 is 11.3 Å². The third-order valence-electron chi connectivity index (χ3n) is 6.27.